The van der Waals surface area contributed by atoms with Crippen LogP contribution >= 0.6 is 0 Å². The molecular formula is C10H15FN2O2S. The molecule has 1 aromatic rings. The second-order valence-corrected chi connectivity index (χ2v) is 6.22. The second kappa shape index (κ2) is 4.03. The van der Waals surface area contributed by atoms with Gasteiger partial charge in [-0.2, -0.15) is 0 Å². The van der Waals surface area contributed by atoms with Gasteiger partial charge in [0.25, 0.3) is 0 Å². The van der Waals surface area contributed by atoms with Gasteiger partial charge >= 0.3 is 0 Å². The quantitative estimate of drug-likeness (QED) is 0.776. The van der Waals surface area contributed by atoms with Crippen LogP contribution in [0.3, 0.4) is 0 Å². The molecule has 0 spiro atoms. The average molecular weight is 246 g/mol. The summed E-state index contributed by atoms with van der Waals surface area (Å²) in [4.78, 5) is -0.130. The summed E-state index contributed by atoms with van der Waals surface area (Å²) in [5, 5.41) is 0. The Balaban J connectivity index is 3.13. The van der Waals surface area contributed by atoms with Gasteiger partial charge in [-0.1, -0.05) is 0 Å². The number of hydrogen-bond donors (Lipinski definition) is 2. The number of hydrogen-bond acceptors (Lipinski definition) is 3. The summed E-state index contributed by atoms with van der Waals surface area (Å²) in [6.45, 7) is 5.12. The van der Waals surface area contributed by atoms with Gasteiger partial charge in [0.1, 0.15) is 5.82 Å². The number of anilines is 1. The first-order valence-electron chi connectivity index (χ1n) is 4.71. The van der Waals surface area contributed by atoms with Gasteiger partial charge in [-0.3, -0.25) is 0 Å². The van der Waals surface area contributed by atoms with Crippen LogP contribution in [0.25, 0.3) is 0 Å². The second-order valence-electron chi connectivity index (χ2n) is 4.54. The smallest absolute Gasteiger partial charge is 0.241 e. The minimum absolute atomic E-state index is 0.0743. The summed E-state index contributed by atoms with van der Waals surface area (Å²) in [7, 11) is -3.70. The first-order chi connectivity index (χ1) is 7.12. The zero-order chi connectivity index (χ0) is 12.6. The van der Waals surface area contributed by atoms with E-state index >= 15 is 0 Å². The standard InChI is InChI=1S/C10H15FN2O2S/c1-10(2,3)13-16(14,15)7-4-5-9(12)8(11)6-7/h4-6,13H,12H2,1-3H3. The summed E-state index contributed by atoms with van der Waals surface area (Å²) in [5.74, 6) is -0.739. The lowest BCUT2D eigenvalue weighted by molar-refractivity contribution is 0.491. The molecule has 0 aliphatic rings. The number of nitrogens with one attached hydrogen (secondary N) is 1. The number of nitrogen functional groups attached to an aromatic ring is 1. The van der Waals surface area contributed by atoms with Crippen molar-refractivity contribution in [1.29, 1.82) is 0 Å². The Morgan fingerprint density at radius 2 is 1.88 bits per heavy atom. The maximum Gasteiger partial charge on any atom is 0.241 e. The Labute approximate surface area is 94.7 Å². The monoisotopic (exact) mass is 246 g/mol. The SMILES string of the molecule is CC(C)(C)NS(=O)(=O)c1ccc(N)c(F)c1. The molecule has 0 amide bonds. The molecule has 0 aromatic heterocycles. The van der Waals surface area contributed by atoms with Crippen LogP contribution in [0.15, 0.2) is 23.1 Å². The third kappa shape index (κ3) is 3.18. The topological polar surface area (TPSA) is 72.2 Å². The number of benzene rings is 1. The van der Waals surface area contributed by atoms with Gasteiger partial charge in [-0.05, 0) is 39.0 Å². The predicted octanol–water partition coefficient (Wildman–Crippen LogP) is 1.48. The first-order valence-corrected chi connectivity index (χ1v) is 6.19. The zero-order valence-corrected chi connectivity index (χ0v) is 10.2. The fourth-order valence-corrected chi connectivity index (χ4v) is 2.57. The van der Waals surface area contributed by atoms with Gasteiger partial charge in [-0.15, -0.1) is 0 Å². The molecule has 3 N–H and O–H groups in total. The van der Waals surface area contributed by atoms with E-state index in [2.05, 4.69) is 4.72 Å². The van der Waals surface area contributed by atoms with Crippen LogP contribution in [0.2, 0.25) is 0 Å². The van der Waals surface area contributed by atoms with Crippen molar-refractivity contribution in [2.45, 2.75) is 31.2 Å². The van der Waals surface area contributed by atoms with E-state index in [4.69, 9.17) is 5.73 Å². The average Bonchev–Trinajstić information content (AvgIpc) is 2.05. The Bertz CT molecular complexity index is 492. The lowest BCUT2D eigenvalue weighted by Gasteiger charge is -2.20. The van der Waals surface area contributed by atoms with Crippen molar-refractivity contribution in [3.63, 3.8) is 0 Å². The summed E-state index contributed by atoms with van der Waals surface area (Å²) in [6.07, 6.45) is 0. The van der Waals surface area contributed by atoms with Crippen molar-refractivity contribution in [1.82, 2.24) is 4.72 Å². The van der Waals surface area contributed by atoms with Crippen molar-refractivity contribution >= 4 is 15.7 Å². The van der Waals surface area contributed by atoms with Crippen LogP contribution in [0, 0.1) is 5.82 Å². The van der Waals surface area contributed by atoms with Crippen molar-refractivity contribution < 1.29 is 12.8 Å². The molecule has 4 nitrogen and oxygen atoms in total. The maximum absolute atomic E-state index is 13.1. The molecule has 0 unspecified atom stereocenters. The number of halogens is 1. The van der Waals surface area contributed by atoms with Crippen LogP contribution in [0.5, 0.6) is 0 Å². The van der Waals surface area contributed by atoms with Gasteiger partial charge in [-0.25, -0.2) is 17.5 Å². The van der Waals surface area contributed by atoms with Crippen LogP contribution in [0.1, 0.15) is 20.8 Å². The molecule has 0 saturated carbocycles. The Morgan fingerprint density at radius 3 is 2.31 bits per heavy atom. The first kappa shape index (κ1) is 12.9. The molecule has 0 radical (unpaired) electrons. The van der Waals surface area contributed by atoms with Crippen molar-refractivity contribution in [3.05, 3.63) is 24.0 Å². The van der Waals surface area contributed by atoms with E-state index in [1.807, 2.05) is 0 Å². The summed E-state index contributed by atoms with van der Waals surface area (Å²) < 4.78 is 39.1. The third-order valence-corrected chi connectivity index (χ3v) is 3.48. The van der Waals surface area contributed by atoms with E-state index in [0.717, 1.165) is 6.07 Å². The molecule has 0 bridgehead atoms. The Kier molecular flexibility index (Phi) is 3.25. The molecule has 6 heteroatoms. The van der Waals surface area contributed by atoms with Crippen LogP contribution in [-0.2, 0) is 10.0 Å². The molecule has 0 aliphatic carbocycles. The van der Waals surface area contributed by atoms with Gasteiger partial charge in [0.2, 0.25) is 10.0 Å². The van der Waals surface area contributed by atoms with E-state index in [0.29, 0.717) is 0 Å². The number of nitrogens with two attached hydrogens (primary N) is 1. The van der Waals surface area contributed by atoms with E-state index in [9.17, 15) is 12.8 Å². The van der Waals surface area contributed by atoms with Crippen molar-refractivity contribution in [3.8, 4) is 0 Å². The number of sulfonamides is 1. The van der Waals surface area contributed by atoms with E-state index in [1.165, 1.54) is 12.1 Å². The molecule has 1 rings (SSSR count). The van der Waals surface area contributed by atoms with Crippen LogP contribution in [-0.4, -0.2) is 14.0 Å². The molecular weight excluding hydrogens is 231 g/mol. The molecule has 16 heavy (non-hydrogen) atoms. The molecule has 0 saturated heterocycles. The Hall–Kier alpha value is -1.14. The lowest BCUT2D eigenvalue weighted by Crippen LogP contribution is -2.40. The lowest BCUT2D eigenvalue weighted by atomic mass is 10.1. The molecule has 0 aliphatic heterocycles. The fourth-order valence-electron chi connectivity index (χ4n) is 1.14. The zero-order valence-electron chi connectivity index (χ0n) is 9.41. The predicted molar refractivity (Wildman–Crippen MR) is 60.9 cm³/mol. The van der Waals surface area contributed by atoms with E-state index in [-0.39, 0.29) is 10.6 Å². The van der Waals surface area contributed by atoms with Gasteiger partial charge in [0.05, 0.1) is 10.6 Å². The highest BCUT2D eigenvalue weighted by atomic mass is 32.2. The Morgan fingerprint density at radius 1 is 1.31 bits per heavy atom. The number of rotatable bonds is 2. The summed E-state index contributed by atoms with van der Waals surface area (Å²) >= 11 is 0. The highest BCUT2D eigenvalue weighted by molar-refractivity contribution is 7.89. The third-order valence-electron chi connectivity index (χ3n) is 1.72. The molecule has 0 heterocycles. The highest BCUT2D eigenvalue weighted by Crippen LogP contribution is 2.17. The molecule has 1 aromatic carbocycles. The normalized spacial score (nSPS) is 12.8. The van der Waals surface area contributed by atoms with E-state index < -0.39 is 21.4 Å². The highest BCUT2D eigenvalue weighted by Gasteiger charge is 2.22. The summed E-state index contributed by atoms with van der Waals surface area (Å²) in [6, 6.07) is 3.41. The van der Waals surface area contributed by atoms with Crippen LogP contribution < -0.4 is 10.5 Å². The minimum Gasteiger partial charge on any atom is -0.396 e. The maximum atomic E-state index is 13.1. The molecule has 0 atom stereocenters. The van der Waals surface area contributed by atoms with Crippen LogP contribution in [0.4, 0.5) is 10.1 Å². The van der Waals surface area contributed by atoms with Gasteiger partial charge < -0.3 is 5.73 Å². The van der Waals surface area contributed by atoms with E-state index in [1.54, 1.807) is 20.8 Å². The summed E-state index contributed by atoms with van der Waals surface area (Å²) in [5.41, 5.74) is 4.58. The minimum atomic E-state index is -3.70. The van der Waals surface area contributed by atoms with Gasteiger partial charge in [0, 0.05) is 5.54 Å². The fraction of sp³-hybridized carbons (Fsp3) is 0.400. The van der Waals surface area contributed by atoms with Crippen molar-refractivity contribution in [2.24, 2.45) is 0 Å². The van der Waals surface area contributed by atoms with Gasteiger partial charge in [0.15, 0.2) is 0 Å². The van der Waals surface area contributed by atoms with Crippen molar-refractivity contribution in [2.75, 3.05) is 5.73 Å². The largest absolute Gasteiger partial charge is 0.396 e. The molecule has 90 valence electrons. The molecule has 0 fully saturated rings.